The van der Waals surface area contributed by atoms with Gasteiger partial charge in [-0.25, -0.2) is 9.97 Å². The number of nitrogens with one attached hydrogen (secondary N) is 1. The minimum Gasteiger partial charge on any atom is -0.391 e. The zero-order chi connectivity index (χ0) is 20.5. The summed E-state index contributed by atoms with van der Waals surface area (Å²) in [4.78, 5) is 49.0. The Balaban J connectivity index is 1.62. The number of rotatable bonds is 6. The second kappa shape index (κ2) is 7.83. The Morgan fingerprint density at radius 2 is 1.96 bits per heavy atom. The molecule has 3 unspecified atom stereocenters. The Morgan fingerprint density at radius 1 is 1.29 bits per heavy atom. The highest BCUT2D eigenvalue weighted by Gasteiger charge is 2.59. The maximum atomic E-state index is 12.8. The molecule has 1 spiro atoms. The third-order valence-electron chi connectivity index (χ3n) is 5.38. The van der Waals surface area contributed by atoms with Gasteiger partial charge in [0.1, 0.15) is 11.6 Å². The van der Waals surface area contributed by atoms with E-state index in [4.69, 9.17) is 0 Å². The van der Waals surface area contributed by atoms with Crippen LogP contribution in [-0.2, 0) is 14.4 Å². The van der Waals surface area contributed by atoms with Gasteiger partial charge in [0.15, 0.2) is 5.82 Å². The minimum atomic E-state index is -0.890. The predicted molar refractivity (Wildman–Crippen MR) is 99.7 cm³/mol. The first kappa shape index (κ1) is 20.2. The number of aliphatic hydroxyl groups excluding tert-OH is 1. The van der Waals surface area contributed by atoms with Crippen molar-refractivity contribution in [1.29, 1.82) is 0 Å². The lowest BCUT2D eigenvalue weighted by molar-refractivity contribution is -0.169. The van der Waals surface area contributed by atoms with Crippen LogP contribution in [0.25, 0.3) is 0 Å². The standard InChI is InChI=1S/C19H27N5O4/c1-12(2)17(27)24-9-4-6-19(24)11-23(18(19)28)10-14(26)22-15(13(3)25)16-20-7-5-8-21-16/h5,7-8,12-13,15,25H,4,6,9-11H2,1-3H3,(H,22,26). The average Bonchev–Trinajstić information content (AvgIpc) is 3.11. The first-order valence-corrected chi connectivity index (χ1v) is 9.61. The molecule has 9 nitrogen and oxygen atoms in total. The molecule has 0 bridgehead atoms. The molecule has 1 aromatic heterocycles. The van der Waals surface area contributed by atoms with Crippen molar-refractivity contribution in [1.82, 2.24) is 25.1 Å². The van der Waals surface area contributed by atoms with E-state index in [2.05, 4.69) is 15.3 Å². The minimum absolute atomic E-state index is 0.0228. The van der Waals surface area contributed by atoms with Gasteiger partial charge in [-0.2, -0.15) is 0 Å². The highest BCUT2D eigenvalue weighted by atomic mass is 16.3. The molecule has 3 amide bonds. The number of aliphatic hydroxyl groups is 1. The number of hydrogen-bond acceptors (Lipinski definition) is 6. The van der Waals surface area contributed by atoms with Crippen LogP contribution in [-0.4, -0.2) is 73.9 Å². The number of amides is 3. The summed E-state index contributed by atoms with van der Waals surface area (Å²) < 4.78 is 0. The van der Waals surface area contributed by atoms with E-state index in [1.165, 1.54) is 17.3 Å². The maximum Gasteiger partial charge on any atom is 0.250 e. The Kier molecular flexibility index (Phi) is 5.64. The lowest BCUT2D eigenvalue weighted by atomic mass is 9.85. The van der Waals surface area contributed by atoms with E-state index < -0.39 is 23.6 Å². The Labute approximate surface area is 164 Å². The van der Waals surface area contributed by atoms with Gasteiger partial charge in [0.25, 0.3) is 5.91 Å². The Hall–Kier alpha value is -2.55. The lowest BCUT2D eigenvalue weighted by Crippen LogP contribution is -2.74. The summed E-state index contributed by atoms with van der Waals surface area (Å²) in [5, 5.41) is 12.7. The maximum absolute atomic E-state index is 12.8. The summed E-state index contributed by atoms with van der Waals surface area (Å²) in [5.74, 6) is -0.468. The van der Waals surface area contributed by atoms with Crippen molar-refractivity contribution in [3.05, 3.63) is 24.3 Å². The number of likely N-dealkylation sites (tertiary alicyclic amines) is 2. The van der Waals surface area contributed by atoms with Crippen LogP contribution in [0.1, 0.15) is 45.5 Å². The molecule has 152 valence electrons. The summed E-state index contributed by atoms with van der Waals surface area (Å²) in [6.07, 6.45) is 3.61. The molecular formula is C19H27N5O4. The molecule has 3 heterocycles. The molecule has 0 saturated carbocycles. The van der Waals surface area contributed by atoms with Crippen molar-refractivity contribution < 1.29 is 19.5 Å². The number of carbonyl (C=O) groups excluding carboxylic acids is 3. The fourth-order valence-corrected chi connectivity index (χ4v) is 3.95. The number of aromatic nitrogens is 2. The quantitative estimate of drug-likeness (QED) is 0.655. The van der Waals surface area contributed by atoms with E-state index in [1.807, 2.05) is 13.8 Å². The first-order chi connectivity index (χ1) is 13.3. The van der Waals surface area contributed by atoms with Crippen LogP contribution in [0.3, 0.4) is 0 Å². The van der Waals surface area contributed by atoms with Gasteiger partial charge < -0.3 is 20.2 Å². The van der Waals surface area contributed by atoms with Gasteiger partial charge >= 0.3 is 0 Å². The highest BCUT2D eigenvalue weighted by molar-refractivity contribution is 5.99. The third-order valence-corrected chi connectivity index (χ3v) is 5.38. The van der Waals surface area contributed by atoms with Crippen molar-refractivity contribution in [2.45, 2.75) is 51.3 Å². The zero-order valence-corrected chi connectivity index (χ0v) is 16.5. The van der Waals surface area contributed by atoms with E-state index >= 15 is 0 Å². The van der Waals surface area contributed by atoms with Crippen molar-refractivity contribution in [3.63, 3.8) is 0 Å². The lowest BCUT2D eigenvalue weighted by Gasteiger charge is -2.51. The monoisotopic (exact) mass is 389 g/mol. The van der Waals surface area contributed by atoms with Crippen LogP contribution in [0.5, 0.6) is 0 Å². The fourth-order valence-electron chi connectivity index (χ4n) is 3.95. The van der Waals surface area contributed by atoms with Gasteiger partial charge in [-0.15, -0.1) is 0 Å². The van der Waals surface area contributed by atoms with E-state index in [9.17, 15) is 19.5 Å². The van der Waals surface area contributed by atoms with E-state index in [0.29, 0.717) is 25.3 Å². The molecular weight excluding hydrogens is 362 g/mol. The van der Waals surface area contributed by atoms with E-state index in [0.717, 1.165) is 6.42 Å². The molecule has 3 atom stereocenters. The summed E-state index contributed by atoms with van der Waals surface area (Å²) in [6.45, 7) is 6.01. The van der Waals surface area contributed by atoms with Gasteiger partial charge in [0, 0.05) is 24.9 Å². The molecule has 0 aliphatic carbocycles. The number of hydrogen-bond donors (Lipinski definition) is 2. The highest BCUT2D eigenvalue weighted by Crippen LogP contribution is 2.39. The smallest absolute Gasteiger partial charge is 0.250 e. The van der Waals surface area contributed by atoms with Gasteiger partial charge in [-0.1, -0.05) is 13.8 Å². The van der Waals surface area contributed by atoms with Crippen LogP contribution in [0, 0.1) is 5.92 Å². The summed E-state index contributed by atoms with van der Waals surface area (Å²) in [7, 11) is 0. The number of carbonyl (C=O) groups is 3. The predicted octanol–water partition coefficient (Wildman–Crippen LogP) is -0.126. The summed E-state index contributed by atoms with van der Waals surface area (Å²) in [6, 6.07) is 0.888. The van der Waals surface area contributed by atoms with Crippen molar-refractivity contribution in [2.24, 2.45) is 5.92 Å². The van der Waals surface area contributed by atoms with Crippen LogP contribution in [0.15, 0.2) is 18.5 Å². The van der Waals surface area contributed by atoms with Gasteiger partial charge in [0.2, 0.25) is 11.8 Å². The Morgan fingerprint density at radius 3 is 2.54 bits per heavy atom. The third kappa shape index (κ3) is 3.58. The second-order valence-electron chi connectivity index (χ2n) is 7.83. The van der Waals surface area contributed by atoms with E-state index in [-0.39, 0.29) is 24.3 Å². The molecule has 1 aromatic rings. The van der Waals surface area contributed by atoms with Crippen molar-refractivity contribution in [2.75, 3.05) is 19.6 Å². The topological polar surface area (TPSA) is 116 Å². The Bertz CT molecular complexity index is 754. The molecule has 28 heavy (non-hydrogen) atoms. The molecule has 2 N–H and O–H groups in total. The molecule has 9 heteroatoms. The summed E-state index contributed by atoms with van der Waals surface area (Å²) >= 11 is 0. The van der Waals surface area contributed by atoms with Crippen LogP contribution >= 0.6 is 0 Å². The van der Waals surface area contributed by atoms with Crippen LogP contribution < -0.4 is 5.32 Å². The zero-order valence-electron chi connectivity index (χ0n) is 16.5. The molecule has 2 aliphatic rings. The van der Waals surface area contributed by atoms with Crippen LogP contribution in [0.4, 0.5) is 0 Å². The largest absolute Gasteiger partial charge is 0.391 e. The van der Waals surface area contributed by atoms with Crippen molar-refractivity contribution >= 4 is 17.7 Å². The molecule has 2 saturated heterocycles. The van der Waals surface area contributed by atoms with Gasteiger partial charge in [0.05, 0.1) is 19.2 Å². The van der Waals surface area contributed by atoms with Gasteiger partial charge in [-0.05, 0) is 25.8 Å². The summed E-state index contributed by atoms with van der Waals surface area (Å²) in [5.41, 5.74) is -0.784. The molecule has 2 fully saturated rings. The van der Waals surface area contributed by atoms with Gasteiger partial charge in [-0.3, -0.25) is 14.4 Å². The van der Waals surface area contributed by atoms with E-state index in [1.54, 1.807) is 17.9 Å². The number of nitrogens with zero attached hydrogens (tertiary/aromatic N) is 4. The fraction of sp³-hybridized carbons (Fsp3) is 0.632. The molecule has 0 aromatic carbocycles. The van der Waals surface area contributed by atoms with Crippen LogP contribution in [0.2, 0.25) is 0 Å². The first-order valence-electron chi connectivity index (χ1n) is 9.61. The molecule has 0 radical (unpaired) electrons. The SMILES string of the molecule is CC(C)C(=O)N1CCCC12CN(CC(=O)NC(c1ncccn1)C(C)O)C2=O. The normalized spacial score (nSPS) is 23.7. The molecule has 3 rings (SSSR count). The average molecular weight is 389 g/mol. The second-order valence-corrected chi connectivity index (χ2v) is 7.83. The molecule has 2 aliphatic heterocycles. The van der Waals surface area contributed by atoms with Crippen molar-refractivity contribution in [3.8, 4) is 0 Å². The number of β-lactam (4-membered cyclic amide) rings is 1.